The largest absolute Gasteiger partial charge is 0.309 e. The smallest absolute Gasteiger partial charge is 0.0546 e. The van der Waals surface area contributed by atoms with Gasteiger partial charge in [0.25, 0.3) is 0 Å². The molecule has 0 unspecified atom stereocenters. The number of rotatable bonds is 9. The molecular weight excluding hydrogens is 759 g/mol. The Balaban J connectivity index is 1.25. The summed E-state index contributed by atoms with van der Waals surface area (Å²) in [6.07, 6.45) is 0. The number of anilines is 3. The van der Waals surface area contributed by atoms with Crippen molar-refractivity contribution in [3.05, 3.63) is 261 Å². The van der Waals surface area contributed by atoms with E-state index in [0.29, 0.717) is 0 Å². The summed E-state index contributed by atoms with van der Waals surface area (Å²) in [4.78, 5) is 2.54. The zero-order valence-corrected chi connectivity index (χ0v) is 34.8. The van der Waals surface area contributed by atoms with Gasteiger partial charge in [0.05, 0.1) is 17.1 Å². The lowest BCUT2D eigenvalue weighted by Gasteiger charge is -2.32. The van der Waals surface area contributed by atoms with Crippen molar-refractivity contribution in [2.45, 2.75) is 0 Å². The highest BCUT2D eigenvalue weighted by atomic mass is 15.1. The van der Waals surface area contributed by atoms with E-state index in [9.17, 15) is 0 Å². The molecule has 0 bridgehead atoms. The van der Waals surface area contributed by atoms with Crippen LogP contribution < -0.4 is 4.90 Å². The lowest BCUT2D eigenvalue weighted by atomic mass is 9.89. The molecule has 0 N–H and O–H groups in total. The first-order chi connectivity index (χ1) is 31.3. The monoisotopic (exact) mass is 801 g/mol. The summed E-state index contributed by atoms with van der Waals surface area (Å²) >= 11 is 0. The van der Waals surface area contributed by atoms with Crippen LogP contribution in [0.5, 0.6) is 0 Å². The number of para-hydroxylation sites is 2. The fourth-order valence-corrected chi connectivity index (χ4v) is 9.42. The maximum atomic E-state index is 2.54. The molecule has 11 aromatic carbocycles. The van der Waals surface area contributed by atoms with Crippen molar-refractivity contribution in [2.75, 3.05) is 4.90 Å². The minimum Gasteiger partial charge on any atom is -0.309 e. The van der Waals surface area contributed by atoms with Crippen molar-refractivity contribution in [2.24, 2.45) is 0 Å². The SMILES string of the molecule is c1ccc(-c2ccc(-c3ccccc3)c(N(c3ccccc3-c3cccc4cccc(-c5ccccc5)c34)c3ccccc3-c3cccc4cccc(-c5ccccc5)c34)c2)cc1. The van der Waals surface area contributed by atoms with Gasteiger partial charge in [0.15, 0.2) is 0 Å². The third kappa shape index (κ3) is 7.06. The van der Waals surface area contributed by atoms with Gasteiger partial charge in [0.2, 0.25) is 0 Å². The second-order valence-corrected chi connectivity index (χ2v) is 16.0. The van der Waals surface area contributed by atoms with Crippen molar-refractivity contribution >= 4 is 38.6 Å². The van der Waals surface area contributed by atoms with Crippen LogP contribution in [-0.2, 0) is 0 Å². The molecule has 11 rings (SSSR count). The van der Waals surface area contributed by atoms with E-state index >= 15 is 0 Å². The summed E-state index contributed by atoms with van der Waals surface area (Å²) in [5.74, 6) is 0. The zero-order valence-electron chi connectivity index (χ0n) is 34.8. The van der Waals surface area contributed by atoms with Crippen LogP contribution in [0.4, 0.5) is 17.1 Å². The van der Waals surface area contributed by atoms with Crippen LogP contribution in [-0.4, -0.2) is 0 Å². The number of nitrogens with zero attached hydrogens (tertiary/aromatic N) is 1. The van der Waals surface area contributed by atoms with Crippen molar-refractivity contribution in [1.82, 2.24) is 0 Å². The molecule has 0 amide bonds. The predicted molar refractivity (Wildman–Crippen MR) is 269 cm³/mol. The molecule has 0 heterocycles. The Morgan fingerprint density at radius 2 is 0.540 bits per heavy atom. The quantitative estimate of drug-likeness (QED) is 0.141. The molecule has 0 atom stereocenters. The number of benzene rings is 11. The number of fused-ring (bicyclic) bond motifs is 2. The Hall–Kier alpha value is -8.26. The van der Waals surface area contributed by atoms with Gasteiger partial charge >= 0.3 is 0 Å². The summed E-state index contributed by atoms with van der Waals surface area (Å²) in [5, 5.41) is 4.87. The third-order valence-electron chi connectivity index (χ3n) is 12.3. The van der Waals surface area contributed by atoms with Crippen LogP contribution >= 0.6 is 0 Å². The molecule has 0 aliphatic heterocycles. The lowest BCUT2D eigenvalue weighted by Crippen LogP contribution is -2.14. The number of hydrogen-bond donors (Lipinski definition) is 0. The van der Waals surface area contributed by atoms with Crippen molar-refractivity contribution < 1.29 is 0 Å². The van der Waals surface area contributed by atoms with Gasteiger partial charge in [-0.3, -0.25) is 0 Å². The highest BCUT2D eigenvalue weighted by molar-refractivity contribution is 6.12. The molecule has 0 spiro atoms. The third-order valence-corrected chi connectivity index (χ3v) is 12.3. The molecule has 0 aromatic heterocycles. The van der Waals surface area contributed by atoms with Gasteiger partial charge in [-0.1, -0.05) is 243 Å². The van der Waals surface area contributed by atoms with Gasteiger partial charge < -0.3 is 4.90 Å². The van der Waals surface area contributed by atoms with Gasteiger partial charge in [-0.05, 0) is 89.8 Å². The summed E-state index contributed by atoms with van der Waals surface area (Å²) in [7, 11) is 0. The van der Waals surface area contributed by atoms with Crippen LogP contribution in [0.2, 0.25) is 0 Å². The molecule has 296 valence electrons. The molecule has 1 heteroatoms. The second kappa shape index (κ2) is 16.7. The first-order valence-electron chi connectivity index (χ1n) is 21.7. The standard InChI is InChI=1S/C62H43N/c1-5-21-44(22-6-1)50-41-42-51(45-23-7-2-8-24-45)60(43-50)63(58-39-15-13-33-54(58)56-37-19-31-48-29-17-35-52(61(48)56)46-25-9-3-10-26-46)59-40-16-14-34-55(59)57-38-20-32-49-30-18-36-53(62(49)57)47-27-11-4-12-28-47/h1-43H. The molecule has 63 heavy (non-hydrogen) atoms. The zero-order chi connectivity index (χ0) is 42.0. The molecule has 0 radical (unpaired) electrons. The first kappa shape index (κ1) is 37.7. The Kier molecular flexibility index (Phi) is 9.97. The van der Waals surface area contributed by atoms with E-state index in [1.54, 1.807) is 0 Å². The summed E-state index contributed by atoms with van der Waals surface area (Å²) in [6, 6.07) is 94.9. The average Bonchev–Trinajstić information content (AvgIpc) is 3.37. The van der Waals surface area contributed by atoms with E-state index in [2.05, 4.69) is 266 Å². The van der Waals surface area contributed by atoms with Crippen molar-refractivity contribution in [3.8, 4) is 66.8 Å². The number of hydrogen-bond acceptors (Lipinski definition) is 1. The Labute approximate surface area is 369 Å². The van der Waals surface area contributed by atoms with E-state index in [4.69, 9.17) is 0 Å². The van der Waals surface area contributed by atoms with Crippen LogP contribution in [0, 0.1) is 0 Å². The molecular formula is C62H43N. The van der Waals surface area contributed by atoms with E-state index < -0.39 is 0 Å². The lowest BCUT2D eigenvalue weighted by molar-refractivity contribution is 1.28. The van der Waals surface area contributed by atoms with Crippen LogP contribution in [0.25, 0.3) is 88.3 Å². The van der Waals surface area contributed by atoms with Gasteiger partial charge in [-0.2, -0.15) is 0 Å². The maximum Gasteiger partial charge on any atom is 0.0546 e. The average molecular weight is 802 g/mol. The molecule has 11 aromatic rings. The van der Waals surface area contributed by atoms with Gasteiger partial charge in [0, 0.05) is 16.7 Å². The molecule has 0 aliphatic rings. The van der Waals surface area contributed by atoms with Gasteiger partial charge in [-0.15, -0.1) is 0 Å². The fourth-order valence-electron chi connectivity index (χ4n) is 9.42. The van der Waals surface area contributed by atoms with Crippen LogP contribution in [0.1, 0.15) is 0 Å². The molecule has 0 aliphatic carbocycles. The van der Waals surface area contributed by atoms with Crippen LogP contribution in [0.15, 0.2) is 261 Å². The fraction of sp³-hybridized carbons (Fsp3) is 0. The van der Waals surface area contributed by atoms with Crippen LogP contribution in [0.3, 0.4) is 0 Å². The summed E-state index contributed by atoms with van der Waals surface area (Å²) in [5.41, 5.74) is 17.4. The Morgan fingerprint density at radius 1 is 0.190 bits per heavy atom. The van der Waals surface area contributed by atoms with E-state index in [1.807, 2.05) is 0 Å². The molecule has 0 saturated carbocycles. The van der Waals surface area contributed by atoms with Crippen molar-refractivity contribution in [1.29, 1.82) is 0 Å². The predicted octanol–water partition coefficient (Wildman–Crippen LogP) is 17.5. The van der Waals surface area contributed by atoms with Crippen molar-refractivity contribution in [3.63, 3.8) is 0 Å². The highest BCUT2D eigenvalue weighted by Gasteiger charge is 2.26. The van der Waals surface area contributed by atoms with E-state index in [0.717, 1.165) is 44.9 Å². The van der Waals surface area contributed by atoms with E-state index in [-0.39, 0.29) is 0 Å². The first-order valence-corrected chi connectivity index (χ1v) is 21.7. The van der Waals surface area contributed by atoms with Gasteiger partial charge in [0.1, 0.15) is 0 Å². The van der Waals surface area contributed by atoms with E-state index in [1.165, 1.54) is 60.5 Å². The molecule has 0 fully saturated rings. The second-order valence-electron chi connectivity index (χ2n) is 16.0. The summed E-state index contributed by atoms with van der Waals surface area (Å²) in [6.45, 7) is 0. The highest BCUT2D eigenvalue weighted by Crippen LogP contribution is 2.51. The maximum absolute atomic E-state index is 2.54. The summed E-state index contributed by atoms with van der Waals surface area (Å²) < 4.78 is 0. The normalized spacial score (nSPS) is 11.2. The minimum atomic E-state index is 1.09. The topological polar surface area (TPSA) is 3.24 Å². The molecule has 1 nitrogen and oxygen atoms in total. The molecule has 0 saturated heterocycles. The van der Waals surface area contributed by atoms with Gasteiger partial charge in [-0.25, -0.2) is 0 Å². The Morgan fingerprint density at radius 3 is 0.984 bits per heavy atom. The minimum absolute atomic E-state index is 1.09. The Bertz CT molecular complexity index is 3200.